The molecule has 0 radical (unpaired) electrons. The summed E-state index contributed by atoms with van der Waals surface area (Å²) in [5.41, 5.74) is 3.44. The number of piperidine rings is 1. The first-order valence-corrected chi connectivity index (χ1v) is 11.6. The van der Waals surface area contributed by atoms with E-state index in [0.717, 1.165) is 48.4 Å². The Morgan fingerprint density at radius 1 is 1.00 bits per heavy atom. The monoisotopic (exact) mass is 418 g/mol. The molecule has 1 atom stereocenters. The molecule has 1 aromatic carbocycles. The number of rotatable bonds is 5. The van der Waals surface area contributed by atoms with Crippen molar-refractivity contribution in [3.05, 3.63) is 53.6 Å². The first-order valence-electron chi connectivity index (χ1n) is 10.2. The van der Waals surface area contributed by atoms with Gasteiger partial charge in [-0.3, -0.25) is 4.98 Å². The van der Waals surface area contributed by atoms with Crippen LogP contribution in [0.4, 0.5) is 15.8 Å². The van der Waals surface area contributed by atoms with Crippen LogP contribution < -0.4 is 5.32 Å². The van der Waals surface area contributed by atoms with Gasteiger partial charge in [-0.15, -0.1) is 0 Å². The molecule has 3 heterocycles. The number of nitrogens with one attached hydrogen (secondary N) is 1. The number of aromatic nitrogens is 1. The van der Waals surface area contributed by atoms with Crippen molar-refractivity contribution in [3.8, 4) is 0 Å². The van der Waals surface area contributed by atoms with Gasteiger partial charge >= 0.3 is 0 Å². The van der Waals surface area contributed by atoms with Crippen LogP contribution in [0, 0.1) is 12.7 Å². The zero-order valence-corrected chi connectivity index (χ0v) is 17.5. The van der Waals surface area contributed by atoms with Gasteiger partial charge in [0.15, 0.2) is 0 Å². The molecule has 156 valence electrons. The number of anilines is 2. The Kier molecular flexibility index (Phi) is 5.85. The number of hydrogen-bond donors (Lipinski definition) is 1. The molecule has 1 unspecified atom stereocenters. The van der Waals surface area contributed by atoms with E-state index in [4.69, 9.17) is 4.98 Å². The maximum absolute atomic E-state index is 13.1. The summed E-state index contributed by atoms with van der Waals surface area (Å²) in [6, 6.07) is 10.1. The molecular weight excluding hydrogens is 391 g/mol. The fourth-order valence-electron chi connectivity index (χ4n) is 4.15. The molecule has 2 saturated heterocycles. The van der Waals surface area contributed by atoms with E-state index in [1.54, 1.807) is 20.7 Å². The number of nitrogens with zero attached hydrogens (tertiary/aromatic N) is 3. The summed E-state index contributed by atoms with van der Waals surface area (Å²) >= 11 is 0. The molecule has 2 fully saturated rings. The van der Waals surface area contributed by atoms with E-state index in [-0.39, 0.29) is 11.7 Å². The topological polar surface area (TPSA) is 65.5 Å². The van der Waals surface area contributed by atoms with Crippen molar-refractivity contribution in [2.45, 2.75) is 38.5 Å². The minimum Gasteiger partial charge on any atom is -0.355 e. The van der Waals surface area contributed by atoms with Crippen molar-refractivity contribution in [1.82, 2.24) is 13.6 Å². The van der Waals surface area contributed by atoms with Crippen LogP contribution >= 0.6 is 0 Å². The molecule has 8 heteroatoms. The highest BCUT2D eigenvalue weighted by atomic mass is 32.2. The van der Waals surface area contributed by atoms with Crippen LogP contribution in [0.25, 0.3) is 0 Å². The molecule has 1 aromatic heterocycles. The third-order valence-electron chi connectivity index (χ3n) is 5.63. The fraction of sp³-hybridized carbons (Fsp3) is 0.476. The predicted molar refractivity (Wildman–Crippen MR) is 112 cm³/mol. The average molecular weight is 419 g/mol. The molecule has 0 spiro atoms. The van der Waals surface area contributed by atoms with E-state index in [9.17, 15) is 12.8 Å². The first kappa shape index (κ1) is 20.3. The van der Waals surface area contributed by atoms with Crippen molar-refractivity contribution in [1.29, 1.82) is 0 Å². The second kappa shape index (κ2) is 8.38. The largest absolute Gasteiger partial charge is 0.355 e. The lowest BCUT2D eigenvalue weighted by Crippen LogP contribution is -2.46. The highest BCUT2D eigenvalue weighted by Gasteiger charge is 2.35. The van der Waals surface area contributed by atoms with Crippen LogP contribution in [0.1, 0.15) is 43.0 Å². The maximum atomic E-state index is 13.1. The van der Waals surface area contributed by atoms with Crippen molar-refractivity contribution in [2.24, 2.45) is 0 Å². The zero-order valence-electron chi connectivity index (χ0n) is 16.6. The standard InChI is InChI=1S/C21H27FN4O2S/c1-16-13-20(24-19-8-6-18(22)7-9-19)14-21(23-16)17-5-4-12-26(15-17)29(27,28)25-10-2-3-11-25/h6-9,13-14,17H,2-5,10-12,15H2,1H3,(H,23,24). The van der Waals surface area contributed by atoms with Crippen molar-refractivity contribution in [2.75, 3.05) is 31.5 Å². The van der Waals surface area contributed by atoms with Gasteiger partial charge < -0.3 is 5.32 Å². The summed E-state index contributed by atoms with van der Waals surface area (Å²) in [5, 5.41) is 3.29. The minimum absolute atomic E-state index is 0.0646. The van der Waals surface area contributed by atoms with Gasteiger partial charge in [0.1, 0.15) is 5.82 Å². The van der Waals surface area contributed by atoms with Gasteiger partial charge in [0.05, 0.1) is 0 Å². The fourth-order valence-corrected chi connectivity index (χ4v) is 5.93. The van der Waals surface area contributed by atoms with Gasteiger partial charge in [-0.1, -0.05) is 0 Å². The first-order chi connectivity index (χ1) is 13.9. The number of hydrogen-bond acceptors (Lipinski definition) is 4. The molecule has 2 aliphatic rings. The van der Waals surface area contributed by atoms with E-state index in [0.29, 0.717) is 26.2 Å². The smallest absolute Gasteiger partial charge is 0.281 e. The van der Waals surface area contributed by atoms with Crippen molar-refractivity contribution >= 4 is 21.6 Å². The third kappa shape index (κ3) is 4.60. The number of benzene rings is 1. The second-order valence-corrected chi connectivity index (χ2v) is 9.79. The average Bonchev–Trinajstić information content (AvgIpc) is 3.25. The van der Waals surface area contributed by atoms with Gasteiger partial charge in [0.2, 0.25) is 0 Å². The molecule has 2 aromatic rings. The molecule has 29 heavy (non-hydrogen) atoms. The summed E-state index contributed by atoms with van der Waals surface area (Å²) < 4.78 is 42.3. The zero-order chi connectivity index (χ0) is 20.4. The van der Waals surface area contributed by atoms with Gasteiger partial charge in [-0.25, -0.2) is 4.39 Å². The van der Waals surface area contributed by atoms with Crippen LogP contribution in [0.3, 0.4) is 0 Å². The Labute approximate surface area is 171 Å². The lowest BCUT2D eigenvalue weighted by atomic mass is 9.95. The summed E-state index contributed by atoms with van der Waals surface area (Å²) in [4.78, 5) is 4.69. The molecule has 0 aliphatic carbocycles. The molecule has 2 aliphatic heterocycles. The summed E-state index contributed by atoms with van der Waals surface area (Å²) in [5.74, 6) is -0.210. The van der Waals surface area contributed by atoms with E-state index < -0.39 is 10.2 Å². The Balaban J connectivity index is 1.52. The number of aryl methyl sites for hydroxylation is 1. The Morgan fingerprint density at radius 3 is 2.41 bits per heavy atom. The summed E-state index contributed by atoms with van der Waals surface area (Å²) in [6.45, 7) is 4.21. The molecular formula is C21H27FN4O2S. The van der Waals surface area contributed by atoms with E-state index in [1.165, 1.54) is 12.1 Å². The normalized spacial score (nSPS) is 21.4. The maximum Gasteiger partial charge on any atom is 0.281 e. The van der Waals surface area contributed by atoms with Crippen LogP contribution in [-0.2, 0) is 10.2 Å². The van der Waals surface area contributed by atoms with Gasteiger partial charge in [0.25, 0.3) is 10.2 Å². The Hall–Kier alpha value is -2.03. The van der Waals surface area contributed by atoms with Crippen LogP contribution in [0.2, 0.25) is 0 Å². The van der Waals surface area contributed by atoms with Crippen LogP contribution in [0.5, 0.6) is 0 Å². The Morgan fingerprint density at radius 2 is 1.69 bits per heavy atom. The second-order valence-electron chi connectivity index (χ2n) is 7.87. The summed E-state index contributed by atoms with van der Waals surface area (Å²) in [6.07, 6.45) is 3.62. The molecule has 0 saturated carbocycles. The van der Waals surface area contributed by atoms with Crippen molar-refractivity contribution < 1.29 is 12.8 Å². The van der Waals surface area contributed by atoms with Crippen LogP contribution in [-0.4, -0.2) is 48.2 Å². The molecule has 1 N–H and O–H groups in total. The van der Waals surface area contributed by atoms with Crippen LogP contribution in [0.15, 0.2) is 36.4 Å². The third-order valence-corrected chi connectivity index (χ3v) is 7.63. The highest BCUT2D eigenvalue weighted by molar-refractivity contribution is 7.86. The quantitative estimate of drug-likeness (QED) is 0.802. The Bertz CT molecular complexity index is 959. The summed E-state index contributed by atoms with van der Waals surface area (Å²) in [7, 11) is -3.39. The predicted octanol–water partition coefficient (Wildman–Crippen LogP) is 3.79. The number of halogens is 1. The highest BCUT2D eigenvalue weighted by Crippen LogP contribution is 2.31. The minimum atomic E-state index is -3.39. The molecule has 0 amide bonds. The molecule has 6 nitrogen and oxygen atoms in total. The van der Waals surface area contributed by atoms with E-state index >= 15 is 0 Å². The van der Waals surface area contributed by atoms with E-state index in [1.807, 2.05) is 19.1 Å². The van der Waals surface area contributed by atoms with Gasteiger partial charge in [-0.05, 0) is 69.0 Å². The lowest BCUT2D eigenvalue weighted by Gasteiger charge is -2.34. The van der Waals surface area contributed by atoms with Crippen molar-refractivity contribution in [3.63, 3.8) is 0 Å². The number of pyridine rings is 1. The van der Waals surface area contributed by atoms with Gasteiger partial charge in [-0.2, -0.15) is 17.0 Å². The van der Waals surface area contributed by atoms with Gasteiger partial charge in [0, 0.05) is 54.9 Å². The molecule has 0 bridgehead atoms. The SMILES string of the molecule is Cc1cc(Nc2ccc(F)cc2)cc(C2CCCN(S(=O)(=O)N3CCCC3)C2)n1. The lowest BCUT2D eigenvalue weighted by molar-refractivity contribution is 0.290. The van der Waals surface area contributed by atoms with E-state index in [2.05, 4.69) is 5.32 Å². The molecule has 4 rings (SSSR count).